The Labute approximate surface area is 151 Å². The molecule has 3 rings (SSSR count). The molecule has 0 radical (unpaired) electrons. The van der Waals surface area contributed by atoms with Gasteiger partial charge in [0.15, 0.2) is 5.16 Å². The van der Waals surface area contributed by atoms with Gasteiger partial charge in [0.25, 0.3) is 0 Å². The molecule has 0 fully saturated rings. The minimum atomic E-state index is -0.337. The Morgan fingerprint density at radius 1 is 1.29 bits per heavy atom. The van der Waals surface area contributed by atoms with Crippen LogP contribution in [0.5, 0.6) is 0 Å². The zero-order valence-corrected chi connectivity index (χ0v) is 15.2. The van der Waals surface area contributed by atoms with Crippen LogP contribution in [0.1, 0.15) is 6.92 Å². The summed E-state index contributed by atoms with van der Waals surface area (Å²) in [6, 6.07) is 7.30. The Kier molecular flexibility index (Phi) is 5.12. The molecule has 24 heavy (non-hydrogen) atoms. The lowest BCUT2D eigenvalue weighted by Crippen LogP contribution is -2.22. The van der Waals surface area contributed by atoms with Crippen molar-refractivity contribution in [2.24, 2.45) is 7.05 Å². The van der Waals surface area contributed by atoms with E-state index in [-0.39, 0.29) is 11.2 Å². The van der Waals surface area contributed by atoms with Crippen molar-refractivity contribution in [3.63, 3.8) is 0 Å². The number of aryl methyl sites for hydroxylation is 1. The summed E-state index contributed by atoms with van der Waals surface area (Å²) in [7, 11) is 1.83. The van der Waals surface area contributed by atoms with Gasteiger partial charge in [-0.2, -0.15) is 0 Å². The zero-order chi connectivity index (χ0) is 17.1. The van der Waals surface area contributed by atoms with Gasteiger partial charge in [-0.1, -0.05) is 46.8 Å². The second-order valence-corrected chi connectivity index (χ2v) is 7.61. The van der Waals surface area contributed by atoms with E-state index in [4.69, 9.17) is 11.6 Å². The van der Waals surface area contributed by atoms with Gasteiger partial charge in [0, 0.05) is 17.6 Å². The summed E-state index contributed by atoms with van der Waals surface area (Å²) in [5.74, 6) is -0.165. The van der Waals surface area contributed by atoms with Crippen LogP contribution in [0, 0.1) is 0 Å². The highest BCUT2D eigenvalue weighted by Gasteiger charge is 2.19. The molecule has 0 saturated heterocycles. The lowest BCUT2D eigenvalue weighted by Gasteiger charge is -2.08. The van der Waals surface area contributed by atoms with Crippen LogP contribution in [0.25, 0.3) is 10.6 Å². The Balaban J connectivity index is 1.64. The van der Waals surface area contributed by atoms with Crippen molar-refractivity contribution in [3.8, 4) is 10.6 Å². The van der Waals surface area contributed by atoms with Crippen LogP contribution in [0.15, 0.2) is 35.7 Å². The molecule has 1 atom stereocenters. The normalized spacial score (nSPS) is 12.1. The smallest absolute Gasteiger partial charge is 0.239 e. The minimum Gasteiger partial charge on any atom is -0.312 e. The summed E-state index contributed by atoms with van der Waals surface area (Å²) in [5.41, 5.74) is 0.902. The molecule has 124 valence electrons. The van der Waals surface area contributed by atoms with E-state index in [1.54, 1.807) is 30.0 Å². The molecular weight excluding hydrogens is 368 g/mol. The third kappa shape index (κ3) is 3.92. The topological polar surface area (TPSA) is 85.6 Å². The van der Waals surface area contributed by atoms with Crippen molar-refractivity contribution >= 4 is 45.7 Å². The number of carbonyl (C=O) groups is 1. The van der Waals surface area contributed by atoms with Crippen molar-refractivity contribution < 1.29 is 4.79 Å². The maximum atomic E-state index is 12.3. The molecule has 7 nitrogen and oxygen atoms in total. The molecule has 0 aliphatic heterocycles. The molecule has 2 aromatic heterocycles. The van der Waals surface area contributed by atoms with Gasteiger partial charge in [-0.25, -0.2) is 0 Å². The highest BCUT2D eigenvalue weighted by Crippen LogP contribution is 2.28. The van der Waals surface area contributed by atoms with E-state index in [1.807, 2.05) is 19.2 Å². The summed E-state index contributed by atoms with van der Waals surface area (Å²) in [6.45, 7) is 1.80. The van der Waals surface area contributed by atoms with Gasteiger partial charge in [0.2, 0.25) is 11.0 Å². The standard InChI is InChI=1S/C14H13ClN6OS2/c1-8(23-14-20-16-7-21(14)2)11(22)17-13-19-18-12(24-13)9-3-5-10(15)6-4-9/h3-8H,1-2H3,(H,17,19,22)/t8-/m0/s1. The molecule has 1 N–H and O–H groups in total. The lowest BCUT2D eigenvalue weighted by atomic mass is 10.2. The molecule has 10 heteroatoms. The average molecular weight is 381 g/mol. The third-order valence-corrected chi connectivity index (χ3v) is 5.36. The number of aromatic nitrogens is 5. The number of halogens is 1. The van der Waals surface area contributed by atoms with E-state index in [0.29, 0.717) is 15.3 Å². The van der Waals surface area contributed by atoms with E-state index in [9.17, 15) is 4.79 Å². The molecule has 1 aromatic carbocycles. The van der Waals surface area contributed by atoms with Crippen LogP contribution in [-0.2, 0) is 11.8 Å². The molecule has 3 aromatic rings. The SMILES string of the molecule is C[C@H](Sc1nncn1C)C(=O)Nc1nnc(-c2ccc(Cl)cc2)s1. The van der Waals surface area contributed by atoms with E-state index >= 15 is 0 Å². The van der Waals surface area contributed by atoms with Crippen LogP contribution >= 0.6 is 34.7 Å². The Morgan fingerprint density at radius 3 is 2.71 bits per heavy atom. The number of carbonyl (C=O) groups excluding carboxylic acids is 1. The van der Waals surface area contributed by atoms with Crippen LogP contribution in [0.3, 0.4) is 0 Å². The van der Waals surface area contributed by atoms with E-state index < -0.39 is 0 Å². The number of nitrogens with one attached hydrogen (secondary N) is 1. The first-order valence-corrected chi connectivity index (χ1v) is 9.01. The largest absolute Gasteiger partial charge is 0.312 e. The van der Waals surface area contributed by atoms with E-state index in [2.05, 4.69) is 25.7 Å². The van der Waals surface area contributed by atoms with Gasteiger partial charge in [0.05, 0.1) is 5.25 Å². The predicted molar refractivity (Wildman–Crippen MR) is 95.3 cm³/mol. The molecule has 1 amide bonds. The first-order chi connectivity index (χ1) is 11.5. The molecule has 0 unspecified atom stereocenters. The Morgan fingerprint density at radius 2 is 2.04 bits per heavy atom. The summed E-state index contributed by atoms with van der Waals surface area (Å²) >= 11 is 8.51. The number of amides is 1. The second kappa shape index (κ2) is 7.29. The first-order valence-electron chi connectivity index (χ1n) is 6.94. The third-order valence-electron chi connectivity index (χ3n) is 3.07. The quantitative estimate of drug-likeness (QED) is 0.684. The lowest BCUT2D eigenvalue weighted by molar-refractivity contribution is -0.115. The molecule has 0 aliphatic carbocycles. The van der Waals surface area contributed by atoms with Crippen molar-refractivity contribution in [1.29, 1.82) is 0 Å². The zero-order valence-electron chi connectivity index (χ0n) is 12.8. The maximum Gasteiger partial charge on any atom is 0.239 e. The summed E-state index contributed by atoms with van der Waals surface area (Å²) in [5, 5.41) is 20.8. The van der Waals surface area contributed by atoms with Crippen molar-refractivity contribution in [2.75, 3.05) is 5.32 Å². The predicted octanol–water partition coefficient (Wildman–Crippen LogP) is 3.11. The number of anilines is 1. The van der Waals surface area contributed by atoms with Crippen LogP contribution < -0.4 is 5.32 Å². The fourth-order valence-electron chi connectivity index (χ4n) is 1.78. The number of nitrogens with zero attached hydrogens (tertiary/aromatic N) is 5. The average Bonchev–Trinajstić information content (AvgIpc) is 3.18. The van der Waals surface area contributed by atoms with Crippen LogP contribution in [0.4, 0.5) is 5.13 Å². The molecule has 0 bridgehead atoms. The molecular formula is C14H13ClN6OS2. The van der Waals surface area contributed by atoms with Gasteiger partial charge >= 0.3 is 0 Å². The van der Waals surface area contributed by atoms with Crippen LogP contribution in [-0.4, -0.2) is 36.1 Å². The highest BCUT2D eigenvalue weighted by atomic mass is 35.5. The fraction of sp³-hybridized carbons (Fsp3) is 0.214. The Bertz CT molecular complexity index is 847. The molecule has 0 saturated carbocycles. The second-order valence-electron chi connectivity index (χ2n) is 4.89. The van der Waals surface area contributed by atoms with E-state index in [1.165, 1.54) is 23.1 Å². The van der Waals surface area contributed by atoms with Crippen molar-refractivity contribution in [1.82, 2.24) is 25.0 Å². The van der Waals surface area contributed by atoms with Gasteiger partial charge in [-0.15, -0.1) is 20.4 Å². The molecule has 0 aliphatic rings. The summed E-state index contributed by atoms with van der Waals surface area (Å²) < 4.78 is 1.76. The molecule has 0 spiro atoms. The number of rotatable bonds is 5. The number of hydrogen-bond acceptors (Lipinski definition) is 7. The molecule has 2 heterocycles. The van der Waals surface area contributed by atoms with Gasteiger partial charge < -0.3 is 4.57 Å². The summed E-state index contributed by atoms with van der Waals surface area (Å²) in [6.07, 6.45) is 1.59. The summed E-state index contributed by atoms with van der Waals surface area (Å²) in [4.78, 5) is 12.3. The fourth-order valence-corrected chi connectivity index (χ4v) is 3.45. The van der Waals surface area contributed by atoms with Crippen LogP contribution in [0.2, 0.25) is 5.02 Å². The van der Waals surface area contributed by atoms with Crippen molar-refractivity contribution in [3.05, 3.63) is 35.6 Å². The maximum absolute atomic E-state index is 12.3. The van der Waals surface area contributed by atoms with Gasteiger partial charge in [0.1, 0.15) is 11.3 Å². The number of benzene rings is 1. The number of thioether (sulfide) groups is 1. The van der Waals surface area contributed by atoms with Gasteiger partial charge in [-0.3, -0.25) is 10.1 Å². The minimum absolute atomic E-state index is 0.165. The highest BCUT2D eigenvalue weighted by molar-refractivity contribution is 8.00. The van der Waals surface area contributed by atoms with E-state index in [0.717, 1.165) is 10.6 Å². The van der Waals surface area contributed by atoms with Gasteiger partial charge in [-0.05, 0) is 19.1 Å². The van der Waals surface area contributed by atoms with Crippen molar-refractivity contribution in [2.45, 2.75) is 17.3 Å². The monoisotopic (exact) mass is 380 g/mol. The number of hydrogen-bond donors (Lipinski definition) is 1. The first kappa shape index (κ1) is 16.9. The Hall–Kier alpha value is -1.97.